The van der Waals surface area contributed by atoms with Crippen molar-refractivity contribution in [2.24, 2.45) is 0 Å². The molecule has 6 nitrogen and oxygen atoms in total. The summed E-state index contributed by atoms with van der Waals surface area (Å²) in [5.41, 5.74) is 1.36. The van der Waals surface area contributed by atoms with E-state index < -0.39 is 23.6 Å². The number of ether oxygens (including phenoxy) is 1. The van der Waals surface area contributed by atoms with E-state index in [-0.39, 0.29) is 0 Å². The normalized spacial score (nSPS) is 12.1. The highest BCUT2D eigenvalue weighted by Gasteiger charge is 2.17. The SMILES string of the molecule is C[C@H](Oc1ccc(F)cc1Br)C(=O)Nc1ccc2oc(=O)[nH]c2c1. The second-order valence-electron chi connectivity index (χ2n) is 5.05. The summed E-state index contributed by atoms with van der Waals surface area (Å²) < 4.78 is 23.9. The Kier molecular flexibility index (Phi) is 4.39. The van der Waals surface area contributed by atoms with Crippen molar-refractivity contribution >= 4 is 38.6 Å². The second-order valence-corrected chi connectivity index (χ2v) is 5.90. The van der Waals surface area contributed by atoms with Crippen LogP contribution in [0.5, 0.6) is 5.75 Å². The molecule has 24 heavy (non-hydrogen) atoms. The number of rotatable bonds is 4. The van der Waals surface area contributed by atoms with Crippen LogP contribution in [-0.4, -0.2) is 17.0 Å². The fourth-order valence-corrected chi connectivity index (χ4v) is 2.53. The van der Waals surface area contributed by atoms with E-state index in [0.717, 1.165) is 0 Å². The Labute approximate surface area is 143 Å². The number of hydrogen-bond acceptors (Lipinski definition) is 4. The highest BCUT2D eigenvalue weighted by Crippen LogP contribution is 2.26. The number of anilines is 1. The zero-order chi connectivity index (χ0) is 17.3. The molecule has 0 spiro atoms. The first-order chi connectivity index (χ1) is 11.4. The number of aromatic nitrogens is 1. The number of nitrogens with one attached hydrogen (secondary N) is 2. The Morgan fingerprint density at radius 3 is 2.88 bits per heavy atom. The highest BCUT2D eigenvalue weighted by atomic mass is 79.9. The molecule has 0 fully saturated rings. The average Bonchev–Trinajstić information content (AvgIpc) is 2.89. The standard InChI is InChI=1S/C16H12BrFN2O4/c1-8(23-13-4-2-9(18)6-11(13)17)15(21)19-10-3-5-14-12(7-10)20-16(22)24-14/h2-8H,1H3,(H,19,21)(H,20,22)/t8-/m0/s1. The lowest BCUT2D eigenvalue weighted by molar-refractivity contribution is -0.122. The van der Waals surface area contributed by atoms with Crippen LogP contribution in [0.3, 0.4) is 0 Å². The van der Waals surface area contributed by atoms with Gasteiger partial charge >= 0.3 is 5.76 Å². The van der Waals surface area contributed by atoms with Gasteiger partial charge in [0.25, 0.3) is 5.91 Å². The van der Waals surface area contributed by atoms with E-state index in [2.05, 4.69) is 26.2 Å². The number of fused-ring (bicyclic) bond motifs is 1. The van der Waals surface area contributed by atoms with Crippen LogP contribution in [0, 0.1) is 5.82 Å². The molecule has 0 aliphatic carbocycles. The summed E-state index contributed by atoms with van der Waals surface area (Å²) in [4.78, 5) is 25.9. The van der Waals surface area contributed by atoms with Gasteiger partial charge in [-0.1, -0.05) is 0 Å². The van der Waals surface area contributed by atoms with E-state index in [9.17, 15) is 14.0 Å². The van der Waals surface area contributed by atoms with Gasteiger partial charge in [-0.15, -0.1) is 0 Å². The lowest BCUT2D eigenvalue weighted by atomic mass is 10.2. The molecule has 0 bridgehead atoms. The maximum atomic E-state index is 13.1. The summed E-state index contributed by atoms with van der Waals surface area (Å²) in [6, 6.07) is 8.70. The van der Waals surface area contributed by atoms with E-state index in [1.807, 2.05) is 0 Å². The fourth-order valence-electron chi connectivity index (χ4n) is 2.09. The summed E-state index contributed by atoms with van der Waals surface area (Å²) in [5.74, 6) is -1.01. The van der Waals surface area contributed by atoms with Gasteiger partial charge in [0.1, 0.15) is 11.6 Å². The smallest absolute Gasteiger partial charge is 0.417 e. The lowest BCUT2D eigenvalue weighted by Crippen LogP contribution is -2.30. The third kappa shape index (κ3) is 3.48. The molecule has 2 aromatic carbocycles. The Morgan fingerprint density at radius 2 is 2.12 bits per heavy atom. The van der Waals surface area contributed by atoms with E-state index in [0.29, 0.717) is 27.0 Å². The fraction of sp³-hybridized carbons (Fsp3) is 0.125. The summed E-state index contributed by atoms with van der Waals surface area (Å²) in [6.45, 7) is 1.57. The predicted molar refractivity (Wildman–Crippen MR) is 89.7 cm³/mol. The third-order valence-electron chi connectivity index (χ3n) is 3.25. The van der Waals surface area contributed by atoms with Crippen molar-refractivity contribution in [3.8, 4) is 5.75 Å². The van der Waals surface area contributed by atoms with Crippen molar-refractivity contribution in [1.29, 1.82) is 0 Å². The van der Waals surface area contributed by atoms with Gasteiger partial charge in [-0.05, 0) is 59.3 Å². The number of H-pyrrole nitrogens is 1. The van der Waals surface area contributed by atoms with Crippen LogP contribution in [-0.2, 0) is 4.79 Å². The van der Waals surface area contributed by atoms with Crippen molar-refractivity contribution in [3.63, 3.8) is 0 Å². The Balaban J connectivity index is 1.71. The number of carbonyl (C=O) groups excluding carboxylic acids is 1. The topological polar surface area (TPSA) is 84.3 Å². The van der Waals surface area contributed by atoms with Crippen LogP contribution in [0.1, 0.15) is 6.92 Å². The zero-order valence-corrected chi connectivity index (χ0v) is 14.0. The van der Waals surface area contributed by atoms with Crippen LogP contribution in [0.15, 0.2) is 50.1 Å². The first kappa shape index (κ1) is 16.3. The highest BCUT2D eigenvalue weighted by molar-refractivity contribution is 9.10. The average molecular weight is 395 g/mol. The summed E-state index contributed by atoms with van der Waals surface area (Å²) in [5, 5.41) is 2.68. The number of halogens is 2. The molecular formula is C16H12BrFN2O4. The van der Waals surface area contributed by atoms with Gasteiger partial charge in [-0.3, -0.25) is 9.78 Å². The van der Waals surface area contributed by atoms with Crippen LogP contribution < -0.4 is 15.8 Å². The maximum Gasteiger partial charge on any atom is 0.417 e. The van der Waals surface area contributed by atoms with Crippen molar-refractivity contribution in [2.75, 3.05) is 5.32 Å². The molecule has 0 radical (unpaired) electrons. The molecule has 1 atom stereocenters. The molecule has 1 heterocycles. The van der Waals surface area contributed by atoms with Gasteiger partial charge in [0.05, 0.1) is 9.99 Å². The molecule has 3 rings (SSSR count). The van der Waals surface area contributed by atoms with E-state index in [1.54, 1.807) is 25.1 Å². The molecule has 8 heteroatoms. The number of aromatic amines is 1. The number of hydrogen-bond donors (Lipinski definition) is 2. The molecule has 0 saturated carbocycles. The molecular weight excluding hydrogens is 383 g/mol. The van der Waals surface area contributed by atoms with Gasteiger partial charge in [0, 0.05) is 5.69 Å². The van der Waals surface area contributed by atoms with E-state index in [1.165, 1.54) is 18.2 Å². The van der Waals surface area contributed by atoms with Gasteiger partial charge < -0.3 is 14.5 Å². The van der Waals surface area contributed by atoms with Crippen molar-refractivity contribution in [1.82, 2.24) is 4.98 Å². The van der Waals surface area contributed by atoms with Crippen molar-refractivity contribution in [2.45, 2.75) is 13.0 Å². The first-order valence-corrected chi connectivity index (χ1v) is 7.77. The van der Waals surface area contributed by atoms with Crippen molar-refractivity contribution < 1.29 is 18.3 Å². The molecule has 1 aromatic heterocycles. The van der Waals surface area contributed by atoms with Crippen LogP contribution >= 0.6 is 15.9 Å². The molecule has 2 N–H and O–H groups in total. The summed E-state index contributed by atoms with van der Waals surface area (Å²) >= 11 is 3.18. The number of oxazole rings is 1. The second kappa shape index (κ2) is 6.48. The van der Waals surface area contributed by atoms with E-state index in [4.69, 9.17) is 9.15 Å². The van der Waals surface area contributed by atoms with Gasteiger partial charge in [-0.2, -0.15) is 0 Å². The Hall–Kier alpha value is -2.61. The minimum atomic E-state index is -0.814. The van der Waals surface area contributed by atoms with Gasteiger partial charge in [0.15, 0.2) is 11.7 Å². The molecule has 0 aliphatic rings. The predicted octanol–water partition coefficient (Wildman–Crippen LogP) is 3.43. The number of benzene rings is 2. The summed E-state index contributed by atoms with van der Waals surface area (Å²) in [7, 11) is 0. The maximum absolute atomic E-state index is 13.1. The molecule has 124 valence electrons. The Bertz CT molecular complexity index is 966. The molecule has 0 unspecified atom stereocenters. The van der Waals surface area contributed by atoms with Gasteiger partial charge in [0.2, 0.25) is 0 Å². The first-order valence-electron chi connectivity index (χ1n) is 6.98. The lowest BCUT2D eigenvalue weighted by Gasteiger charge is -2.15. The largest absolute Gasteiger partial charge is 0.480 e. The summed E-state index contributed by atoms with van der Waals surface area (Å²) in [6.07, 6.45) is -0.814. The van der Waals surface area contributed by atoms with E-state index >= 15 is 0 Å². The monoisotopic (exact) mass is 394 g/mol. The number of carbonyl (C=O) groups is 1. The Morgan fingerprint density at radius 1 is 1.33 bits per heavy atom. The quantitative estimate of drug-likeness (QED) is 0.709. The van der Waals surface area contributed by atoms with Gasteiger partial charge in [-0.25, -0.2) is 9.18 Å². The third-order valence-corrected chi connectivity index (χ3v) is 3.87. The minimum Gasteiger partial charge on any atom is -0.480 e. The number of amides is 1. The van der Waals surface area contributed by atoms with Crippen LogP contribution in [0.2, 0.25) is 0 Å². The molecule has 0 aliphatic heterocycles. The minimum absolute atomic E-state index is 0.355. The van der Waals surface area contributed by atoms with Crippen LogP contribution in [0.25, 0.3) is 11.1 Å². The van der Waals surface area contributed by atoms with Crippen molar-refractivity contribution in [3.05, 3.63) is 57.2 Å². The zero-order valence-electron chi connectivity index (χ0n) is 12.4. The molecule has 0 saturated heterocycles. The van der Waals surface area contributed by atoms with Crippen LogP contribution in [0.4, 0.5) is 10.1 Å². The molecule has 3 aromatic rings. The molecule has 1 amide bonds.